The molecule has 0 bridgehead atoms. The predicted molar refractivity (Wildman–Crippen MR) is 73.1 cm³/mol. The zero-order chi connectivity index (χ0) is 12.1. The van der Waals surface area contributed by atoms with Gasteiger partial charge in [0.25, 0.3) is 0 Å². The fourth-order valence-corrected chi connectivity index (χ4v) is 2.77. The molecule has 1 aliphatic rings. The smallest absolute Gasteiger partial charge is 0.123 e. The van der Waals surface area contributed by atoms with Gasteiger partial charge in [-0.15, -0.1) is 11.6 Å². The molecule has 17 heavy (non-hydrogen) atoms. The summed E-state index contributed by atoms with van der Waals surface area (Å²) in [5.74, 6) is 1.75. The van der Waals surface area contributed by atoms with Gasteiger partial charge in [0, 0.05) is 5.88 Å². The third-order valence-corrected chi connectivity index (χ3v) is 3.66. The summed E-state index contributed by atoms with van der Waals surface area (Å²) in [4.78, 5) is 0. The van der Waals surface area contributed by atoms with E-state index in [1.54, 1.807) is 0 Å². The number of hydrogen-bond acceptors (Lipinski definition) is 1. The van der Waals surface area contributed by atoms with Gasteiger partial charge in [0.1, 0.15) is 5.75 Å². The van der Waals surface area contributed by atoms with Crippen LogP contribution in [0, 0.1) is 0 Å². The average molecular weight is 253 g/mol. The van der Waals surface area contributed by atoms with Crippen LogP contribution in [0.25, 0.3) is 0 Å². The van der Waals surface area contributed by atoms with Crippen LogP contribution in [0.3, 0.4) is 0 Å². The van der Waals surface area contributed by atoms with E-state index in [1.807, 2.05) is 0 Å². The predicted octanol–water partition coefficient (Wildman–Crippen LogP) is 4.35. The molecule has 1 nitrogen and oxygen atoms in total. The molecular weight excluding hydrogens is 232 g/mol. The van der Waals surface area contributed by atoms with Crippen molar-refractivity contribution in [2.45, 2.75) is 51.6 Å². The van der Waals surface area contributed by atoms with Gasteiger partial charge in [-0.3, -0.25) is 0 Å². The van der Waals surface area contributed by atoms with Crippen LogP contribution in [0.5, 0.6) is 5.75 Å². The van der Waals surface area contributed by atoms with Crippen molar-refractivity contribution in [3.63, 3.8) is 0 Å². The lowest BCUT2D eigenvalue weighted by atomic mass is 10.0. The number of fused-ring (bicyclic) bond motifs is 1. The van der Waals surface area contributed by atoms with E-state index in [4.69, 9.17) is 16.3 Å². The maximum atomic E-state index is 6.02. The van der Waals surface area contributed by atoms with Crippen molar-refractivity contribution in [1.29, 1.82) is 0 Å². The third-order valence-electron chi connectivity index (χ3n) is 3.45. The Morgan fingerprint density at radius 3 is 2.88 bits per heavy atom. The lowest BCUT2D eigenvalue weighted by molar-refractivity contribution is 0.216. The number of hydrogen-bond donors (Lipinski definition) is 0. The highest BCUT2D eigenvalue weighted by Crippen LogP contribution is 2.29. The summed E-state index contributed by atoms with van der Waals surface area (Å²) in [6.07, 6.45) is 7.43. The third kappa shape index (κ3) is 3.38. The van der Waals surface area contributed by atoms with E-state index in [-0.39, 0.29) is 6.10 Å². The molecule has 1 aromatic rings. The van der Waals surface area contributed by atoms with Crippen LogP contribution in [-0.4, -0.2) is 12.0 Å². The molecule has 1 aliphatic carbocycles. The summed E-state index contributed by atoms with van der Waals surface area (Å²) >= 11 is 5.75. The summed E-state index contributed by atoms with van der Waals surface area (Å²) in [6.45, 7) is 2.10. The Hall–Kier alpha value is -0.690. The van der Waals surface area contributed by atoms with Crippen molar-refractivity contribution in [2.75, 3.05) is 5.88 Å². The number of ether oxygens (including phenoxy) is 1. The minimum absolute atomic E-state index is 0.210. The van der Waals surface area contributed by atoms with Crippen LogP contribution >= 0.6 is 11.6 Å². The van der Waals surface area contributed by atoms with Gasteiger partial charge in [-0.2, -0.15) is 0 Å². The SMILES string of the molecule is CC(CCCl)Oc1cccc2c1CCCCC2. The quantitative estimate of drug-likeness (QED) is 0.572. The largest absolute Gasteiger partial charge is 0.490 e. The summed E-state index contributed by atoms with van der Waals surface area (Å²) in [7, 11) is 0. The van der Waals surface area contributed by atoms with Crippen molar-refractivity contribution in [3.05, 3.63) is 29.3 Å². The van der Waals surface area contributed by atoms with E-state index in [0.29, 0.717) is 5.88 Å². The van der Waals surface area contributed by atoms with Gasteiger partial charge in [-0.05, 0) is 56.2 Å². The molecule has 0 saturated heterocycles. The van der Waals surface area contributed by atoms with Crippen molar-refractivity contribution in [2.24, 2.45) is 0 Å². The van der Waals surface area contributed by atoms with Crippen LogP contribution < -0.4 is 4.74 Å². The van der Waals surface area contributed by atoms with Crippen LogP contribution in [0.2, 0.25) is 0 Å². The van der Waals surface area contributed by atoms with E-state index in [0.717, 1.165) is 12.2 Å². The molecule has 0 fully saturated rings. The first-order valence-corrected chi connectivity index (χ1v) is 7.18. The molecule has 0 N–H and O–H groups in total. The first kappa shape index (κ1) is 12.8. The van der Waals surface area contributed by atoms with Gasteiger partial charge in [-0.1, -0.05) is 18.6 Å². The Labute approximate surface area is 109 Å². The molecule has 2 heteroatoms. The molecule has 0 saturated carbocycles. The highest BCUT2D eigenvalue weighted by Gasteiger charge is 2.14. The molecule has 0 aromatic heterocycles. The lowest BCUT2D eigenvalue weighted by Crippen LogP contribution is -2.13. The second-order valence-electron chi connectivity index (χ2n) is 4.86. The Morgan fingerprint density at radius 1 is 1.24 bits per heavy atom. The first-order chi connectivity index (χ1) is 8.31. The van der Waals surface area contributed by atoms with E-state index in [1.165, 1.54) is 43.2 Å². The lowest BCUT2D eigenvalue weighted by Gasteiger charge is -2.18. The molecule has 0 aliphatic heterocycles. The van der Waals surface area contributed by atoms with Gasteiger partial charge < -0.3 is 4.74 Å². The topological polar surface area (TPSA) is 9.23 Å². The number of aryl methyl sites for hydroxylation is 1. The molecule has 1 unspecified atom stereocenters. The zero-order valence-corrected chi connectivity index (χ0v) is 11.3. The normalized spacial score (nSPS) is 17.1. The monoisotopic (exact) mass is 252 g/mol. The van der Waals surface area contributed by atoms with Gasteiger partial charge in [0.15, 0.2) is 0 Å². The molecule has 94 valence electrons. The first-order valence-electron chi connectivity index (χ1n) is 6.64. The van der Waals surface area contributed by atoms with Gasteiger partial charge in [0.2, 0.25) is 0 Å². The van der Waals surface area contributed by atoms with Gasteiger partial charge in [-0.25, -0.2) is 0 Å². The van der Waals surface area contributed by atoms with Crippen LogP contribution in [-0.2, 0) is 12.8 Å². The average Bonchev–Trinajstić information content (AvgIpc) is 2.55. The Morgan fingerprint density at radius 2 is 2.06 bits per heavy atom. The van der Waals surface area contributed by atoms with E-state index >= 15 is 0 Å². The zero-order valence-electron chi connectivity index (χ0n) is 10.5. The second kappa shape index (κ2) is 6.30. The van der Waals surface area contributed by atoms with Crippen molar-refractivity contribution in [1.82, 2.24) is 0 Å². The minimum atomic E-state index is 0.210. The number of halogens is 1. The summed E-state index contributed by atoms with van der Waals surface area (Å²) < 4.78 is 6.02. The molecule has 0 radical (unpaired) electrons. The van der Waals surface area contributed by atoms with E-state index in [9.17, 15) is 0 Å². The summed E-state index contributed by atoms with van der Waals surface area (Å²) in [5, 5.41) is 0. The van der Waals surface area contributed by atoms with Gasteiger partial charge >= 0.3 is 0 Å². The minimum Gasteiger partial charge on any atom is -0.490 e. The van der Waals surface area contributed by atoms with Crippen LogP contribution in [0.1, 0.15) is 43.7 Å². The molecule has 0 amide bonds. The molecular formula is C15H21ClO. The Kier molecular flexibility index (Phi) is 4.73. The van der Waals surface area contributed by atoms with E-state index < -0.39 is 0 Å². The Balaban J connectivity index is 2.16. The van der Waals surface area contributed by atoms with Gasteiger partial charge in [0.05, 0.1) is 6.10 Å². The molecule has 1 atom stereocenters. The van der Waals surface area contributed by atoms with Crippen molar-refractivity contribution < 1.29 is 4.74 Å². The number of benzene rings is 1. The van der Waals surface area contributed by atoms with Crippen LogP contribution in [0.15, 0.2) is 18.2 Å². The maximum Gasteiger partial charge on any atom is 0.123 e. The van der Waals surface area contributed by atoms with Crippen molar-refractivity contribution >= 4 is 11.6 Å². The summed E-state index contributed by atoms with van der Waals surface area (Å²) in [6, 6.07) is 6.47. The van der Waals surface area contributed by atoms with E-state index in [2.05, 4.69) is 25.1 Å². The second-order valence-corrected chi connectivity index (χ2v) is 5.24. The molecule has 0 heterocycles. The number of alkyl halides is 1. The standard InChI is InChI=1S/C15H21ClO/c1-12(10-11-16)17-15-9-5-7-13-6-3-2-4-8-14(13)15/h5,7,9,12H,2-4,6,8,10-11H2,1H3. The highest BCUT2D eigenvalue weighted by molar-refractivity contribution is 6.17. The van der Waals surface area contributed by atoms with Crippen molar-refractivity contribution in [3.8, 4) is 5.75 Å². The number of rotatable bonds is 4. The molecule has 2 rings (SSSR count). The molecule has 1 aromatic carbocycles. The highest BCUT2D eigenvalue weighted by atomic mass is 35.5. The molecule has 0 spiro atoms. The Bertz CT molecular complexity index is 362. The maximum absolute atomic E-state index is 6.02. The van der Waals surface area contributed by atoms with Crippen LogP contribution in [0.4, 0.5) is 0 Å². The summed E-state index contributed by atoms with van der Waals surface area (Å²) in [5.41, 5.74) is 2.92. The fraction of sp³-hybridized carbons (Fsp3) is 0.600. The fourth-order valence-electron chi connectivity index (χ4n) is 2.46.